The molecule has 1 aromatic heterocycles. The first-order chi connectivity index (χ1) is 8.99. The Morgan fingerprint density at radius 2 is 2.16 bits per heavy atom. The van der Waals surface area contributed by atoms with Gasteiger partial charge in [0.25, 0.3) is 5.69 Å². The molecule has 2 aromatic rings. The van der Waals surface area contributed by atoms with Crippen LogP contribution >= 0.6 is 0 Å². The molecule has 1 heterocycles. The molecular weight excluding hydrogens is 254 g/mol. The summed E-state index contributed by atoms with van der Waals surface area (Å²) in [6.07, 6.45) is 2.97. The number of carbonyl (C=O) groups is 1. The SMILES string of the molecule is O=C(O)/C=C/c1coc2ccc([N+](=O)[O-])cc2c1=O. The van der Waals surface area contributed by atoms with Crippen molar-refractivity contribution in [3.05, 3.63) is 56.4 Å². The zero-order valence-corrected chi connectivity index (χ0v) is 9.40. The van der Waals surface area contributed by atoms with Gasteiger partial charge in [-0.15, -0.1) is 0 Å². The van der Waals surface area contributed by atoms with Crippen LogP contribution in [0.3, 0.4) is 0 Å². The van der Waals surface area contributed by atoms with Gasteiger partial charge in [0.05, 0.1) is 15.9 Å². The number of carboxylic acid groups (broad SMARTS) is 1. The van der Waals surface area contributed by atoms with Crippen molar-refractivity contribution in [3.8, 4) is 0 Å². The van der Waals surface area contributed by atoms with E-state index in [2.05, 4.69) is 0 Å². The molecule has 0 radical (unpaired) electrons. The largest absolute Gasteiger partial charge is 0.478 e. The van der Waals surface area contributed by atoms with Gasteiger partial charge in [0.15, 0.2) is 5.43 Å². The van der Waals surface area contributed by atoms with Crippen LogP contribution in [-0.2, 0) is 4.79 Å². The average molecular weight is 261 g/mol. The minimum atomic E-state index is -1.21. The molecule has 1 aromatic carbocycles. The van der Waals surface area contributed by atoms with E-state index in [-0.39, 0.29) is 22.2 Å². The zero-order valence-electron chi connectivity index (χ0n) is 9.40. The average Bonchev–Trinajstić information content (AvgIpc) is 2.37. The zero-order chi connectivity index (χ0) is 14.0. The van der Waals surface area contributed by atoms with Crippen LogP contribution in [0.25, 0.3) is 17.0 Å². The van der Waals surface area contributed by atoms with Gasteiger partial charge in [0, 0.05) is 18.2 Å². The quantitative estimate of drug-likeness (QED) is 0.512. The molecular formula is C12H7NO6. The van der Waals surface area contributed by atoms with E-state index in [1.165, 1.54) is 12.1 Å². The minimum Gasteiger partial charge on any atom is -0.478 e. The summed E-state index contributed by atoms with van der Waals surface area (Å²) in [5.74, 6) is -1.21. The summed E-state index contributed by atoms with van der Waals surface area (Å²) in [5.41, 5.74) is -0.555. The molecule has 0 fully saturated rings. The summed E-state index contributed by atoms with van der Waals surface area (Å²) >= 11 is 0. The Bertz CT molecular complexity index is 758. The highest BCUT2D eigenvalue weighted by Gasteiger charge is 2.11. The lowest BCUT2D eigenvalue weighted by Gasteiger charge is -1.98. The van der Waals surface area contributed by atoms with Gasteiger partial charge in [0.2, 0.25) is 0 Å². The Balaban J connectivity index is 2.65. The summed E-state index contributed by atoms with van der Waals surface area (Å²) in [6.45, 7) is 0. The second-order valence-electron chi connectivity index (χ2n) is 3.63. The van der Waals surface area contributed by atoms with Crippen LogP contribution in [-0.4, -0.2) is 16.0 Å². The van der Waals surface area contributed by atoms with Gasteiger partial charge >= 0.3 is 5.97 Å². The lowest BCUT2D eigenvalue weighted by molar-refractivity contribution is -0.384. The monoisotopic (exact) mass is 261 g/mol. The Morgan fingerprint density at radius 3 is 2.79 bits per heavy atom. The third-order valence-electron chi connectivity index (χ3n) is 2.40. The third kappa shape index (κ3) is 2.49. The molecule has 0 atom stereocenters. The second-order valence-corrected chi connectivity index (χ2v) is 3.63. The molecule has 0 aliphatic heterocycles. The summed E-state index contributed by atoms with van der Waals surface area (Å²) in [7, 11) is 0. The molecule has 0 bridgehead atoms. The molecule has 2 rings (SSSR count). The van der Waals surface area contributed by atoms with Crippen LogP contribution in [0.4, 0.5) is 5.69 Å². The number of carboxylic acids is 1. The molecule has 19 heavy (non-hydrogen) atoms. The topological polar surface area (TPSA) is 111 Å². The lowest BCUT2D eigenvalue weighted by atomic mass is 10.1. The maximum Gasteiger partial charge on any atom is 0.328 e. The molecule has 0 saturated heterocycles. The molecule has 7 nitrogen and oxygen atoms in total. The van der Waals surface area contributed by atoms with E-state index in [1.54, 1.807) is 0 Å². The smallest absolute Gasteiger partial charge is 0.328 e. The van der Waals surface area contributed by atoms with E-state index in [4.69, 9.17) is 9.52 Å². The number of aliphatic carboxylic acids is 1. The summed E-state index contributed by atoms with van der Waals surface area (Å²) in [6, 6.07) is 3.64. The maximum atomic E-state index is 12.0. The van der Waals surface area contributed by atoms with Crippen molar-refractivity contribution in [1.82, 2.24) is 0 Å². The molecule has 0 unspecified atom stereocenters. The van der Waals surface area contributed by atoms with E-state index in [1.807, 2.05) is 0 Å². The number of benzene rings is 1. The Morgan fingerprint density at radius 1 is 1.42 bits per heavy atom. The number of nitro groups is 1. The van der Waals surface area contributed by atoms with Crippen molar-refractivity contribution in [1.29, 1.82) is 0 Å². The highest BCUT2D eigenvalue weighted by atomic mass is 16.6. The fourth-order valence-electron chi connectivity index (χ4n) is 1.52. The molecule has 0 aliphatic carbocycles. The predicted molar refractivity (Wildman–Crippen MR) is 65.8 cm³/mol. The van der Waals surface area contributed by atoms with Crippen LogP contribution in [0, 0.1) is 10.1 Å². The standard InChI is InChI=1S/C12H7NO6/c14-11(15)4-1-7-6-19-10-3-2-8(13(17)18)5-9(10)12(7)16/h1-6H,(H,14,15)/b4-1+. The highest BCUT2D eigenvalue weighted by Crippen LogP contribution is 2.18. The molecule has 0 spiro atoms. The fraction of sp³-hybridized carbons (Fsp3) is 0. The van der Waals surface area contributed by atoms with E-state index in [0.29, 0.717) is 0 Å². The number of hydrogen-bond donors (Lipinski definition) is 1. The summed E-state index contributed by atoms with van der Waals surface area (Å²) < 4.78 is 5.12. The lowest BCUT2D eigenvalue weighted by Crippen LogP contribution is -2.05. The third-order valence-corrected chi connectivity index (χ3v) is 2.40. The van der Waals surface area contributed by atoms with E-state index >= 15 is 0 Å². The molecule has 96 valence electrons. The van der Waals surface area contributed by atoms with Gasteiger partial charge in [0.1, 0.15) is 11.8 Å². The molecule has 7 heteroatoms. The molecule has 1 N–H and O–H groups in total. The first-order valence-electron chi connectivity index (χ1n) is 5.10. The van der Waals surface area contributed by atoms with Gasteiger partial charge in [-0.05, 0) is 12.1 Å². The Hall–Kier alpha value is -2.96. The first kappa shape index (κ1) is 12.5. The van der Waals surface area contributed by atoms with Crippen LogP contribution in [0.5, 0.6) is 0 Å². The fourth-order valence-corrected chi connectivity index (χ4v) is 1.52. The number of non-ortho nitro benzene ring substituents is 1. The van der Waals surface area contributed by atoms with Crippen molar-refractivity contribution in [3.63, 3.8) is 0 Å². The van der Waals surface area contributed by atoms with Crippen molar-refractivity contribution < 1.29 is 19.2 Å². The molecule has 0 saturated carbocycles. The van der Waals surface area contributed by atoms with Crippen LogP contribution < -0.4 is 5.43 Å². The number of nitro benzene ring substituents is 1. The highest BCUT2D eigenvalue weighted by molar-refractivity contribution is 5.87. The van der Waals surface area contributed by atoms with Gasteiger partial charge in [-0.3, -0.25) is 14.9 Å². The maximum absolute atomic E-state index is 12.0. The molecule has 0 aliphatic rings. The summed E-state index contributed by atoms with van der Waals surface area (Å²) in [4.78, 5) is 32.4. The Labute approximate surface area is 105 Å². The number of hydrogen-bond acceptors (Lipinski definition) is 5. The summed E-state index contributed by atoms with van der Waals surface area (Å²) in [5, 5.41) is 19.2. The normalized spacial score (nSPS) is 10.9. The van der Waals surface area contributed by atoms with Gasteiger partial charge in [-0.2, -0.15) is 0 Å². The van der Waals surface area contributed by atoms with Gasteiger partial charge in [-0.1, -0.05) is 0 Å². The van der Waals surface area contributed by atoms with Crippen molar-refractivity contribution >= 4 is 28.7 Å². The van der Waals surface area contributed by atoms with Crippen molar-refractivity contribution in [2.24, 2.45) is 0 Å². The second kappa shape index (κ2) is 4.73. The van der Waals surface area contributed by atoms with E-state index < -0.39 is 16.3 Å². The minimum absolute atomic E-state index is 0.00963. The molecule has 0 amide bonds. The van der Waals surface area contributed by atoms with Crippen LogP contribution in [0.15, 0.2) is 39.7 Å². The van der Waals surface area contributed by atoms with Crippen molar-refractivity contribution in [2.45, 2.75) is 0 Å². The number of rotatable bonds is 3. The van der Waals surface area contributed by atoms with Gasteiger partial charge < -0.3 is 9.52 Å². The van der Waals surface area contributed by atoms with Gasteiger partial charge in [-0.25, -0.2) is 4.79 Å². The first-order valence-corrected chi connectivity index (χ1v) is 5.10. The van der Waals surface area contributed by atoms with Crippen molar-refractivity contribution in [2.75, 3.05) is 0 Å². The number of fused-ring (bicyclic) bond motifs is 1. The number of nitrogens with zero attached hydrogens (tertiary/aromatic N) is 1. The van der Waals surface area contributed by atoms with Crippen LogP contribution in [0.2, 0.25) is 0 Å². The van der Waals surface area contributed by atoms with Crippen LogP contribution in [0.1, 0.15) is 5.56 Å². The van der Waals surface area contributed by atoms with E-state index in [9.17, 15) is 19.7 Å². The van der Waals surface area contributed by atoms with E-state index in [0.717, 1.165) is 24.5 Å². The Kier molecular flexibility index (Phi) is 3.11. The predicted octanol–water partition coefficient (Wildman–Crippen LogP) is 1.80.